The van der Waals surface area contributed by atoms with Gasteiger partial charge in [-0.3, -0.25) is 9.59 Å². The zero-order valence-electron chi connectivity index (χ0n) is 12.2. The highest BCUT2D eigenvalue weighted by atomic mass is 16.3. The Bertz CT molecular complexity index is 810. The smallest absolute Gasteiger partial charge is 0.287 e. The molecule has 2 N–H and O–H groups in total. The van der Waals surface area contributed by atoms with Crippen LogP contribution < -0.4 is 10.6 Å². The van der Waals surface area contributed by atoms with E-state index in [1.54, 1.807) is 12.1 Å². The van der Waals surface area contributed by atoms with Crippen molar-refractivity contribution in [2.45, 2.75) is 6.54 Å². The van der Waals surface area contributed by atoms with E-state index < -0.39 is 0 Å². The van der Waals surface area contributed by atoms with Crippen LogP contribution in [0.1, 0.15) is 10.6 Å². The minimum absolute atomic E-state index is 0.0760. The van der Waals surface area contributed by atoms with Crippen molar-refractivity contribution >= 4 is 22.8 Å². The van der Waals surface area contributed by atoms with Gasteiger partial charge in [-0.2, -0.15) is 0 Å². The molecule has 0 bridgehead atoms. The van der Waals surface area contributed by atoms with Crippen LogP contribution in [0.4, 0.5) is 0 Å². The van der Waals surface area contributed by atoms with Crippen molar-refractivity contribution in [2.24, 2.45) is 0 Å². The second-order valence-electron chi connectivity index (χ2n) is 4.82. The molecule has 8 nitrogen and oxygen atoms in total. The molecule has 23 heavy (non-hydrogen) atoms. The monoisotopic (exact) mass is 313 g/mol. The minimum atomic E-state index is -0.313. The van der Waals surface area contributed by atoms with Gasteiger partial charge in [0.25, 0.3) is 5.91 Å². The van der Waals surface area contributed by atoms with Gasteiger partial charge in [-0.1, -0.05) is 17.3 Å². The molecule has 2 aromatic heterocycles. The zero-order valence-corrected chi connectivity index (χ0v) is 12.2. The fourth-order valence-electron chi connectivity index (χ4n) is 2.10. The van der Waals surface area contributed by atoms with Crippen molar-refractivity contribution in [1.82, 2.24) is 25.6 Å². The average molecular weight is 313 g/mol. The molecule has 8 heteroatoms. The highest BCUT2D eigenvalue weighted by Gasteiger charge is 2.09. The Morgan fingerprint density at radius 1 is 1.09 bits per heavy atom. The van der Waals surface area contributed by atoms with Crippen molar-refractivity contribution in [3.8, 4) is 0 Å². The van der Waals surface area contributed by atoms with E-state index in [0.29, 0.717) is 13.1 Å². The number of nitrogens with one attached hydrogen (secondary N) is 2. The van der Waals surface area contributed by atoms with Crippen molar-refractivity contribution in [3.63, 3.8) is 0 Å². The lowest BCUT2D eigenvalue weighted by Crippen LogP contribution is -2.36. The van der Waals surface area contributed by atoms with Crippen LogP contribution in [-0.2, 0) is 11.3 Å². The topological polar surface area (TPSA) is 102 Å². The molecule has 2 amide bonds. The summed E-state index contributed by atoms with van der Waals surface area (Å²) < 4.78 is 6.50. The van der Waals surface area contributed by atoms with E-state index in [-0.39, 0.29) is 24.1 Å². The molecule has 0 saturated heterocycles. The number of benzene rings is 1. The van der Waals surface area contributed by atoms with Crippen LogP contribution >= 0.6 is 0 Å². The maximum absolute atomic E-state index is 11.9. The largest absolute Gasteiger partial charge is 0.459 e. The lowest BCUT2D eigenvalue weighted by Gasteiger charge is -2.06. The van der Waals surface area contributed by atoms with Crippen LogP contribution in [0.3, 0.4) is 0 Å². The first-order chi connectivity index (χ1) is 11.2. The van der Waals surface area contributed by atoms with E-state index in [1.807, 2.05) is 24.3 Å². The summed E-state index contributed by atoms with van der Waals surface area (Å²) in [7, 11) is 0. The molecule has 118 valence electrons. The number of amides is 2. The first kappa shape index (κ1) is 14.8. The standard InChI is InChI=1S/C15H15N5O3/c21-14(10-20-12-5-2-1-4-11(12)18-19-20)16-7-8-17-15(22)13-6-3-9-23-13/h1-6,9H,7-8,10H2,(H,16,21)(H,17,22). The van der Waals surface area contributed by atoms with Gasteiger partial charge in [-0.05, 0) is 24.3 Å². The van der Waals surface area contributed by atoms with Gasteiger partial charge in [0.05, 0.1) is 11.8 Å². The number of para-hydroxylation sites is 1. The second kappa shape index (κ2) is 6.73. The number of furan rings is 1. The Balaban J connectivity index is 1.44. The van der Waals surface area contributed by atoms with E-state index in [4.69, 9.17) is 4.42 Å². The predicted octanol–water partition coefficient (Wildman–Crippen LogP) is 0.570. The van der Waals surface area contributed by atoms with Gasteiger partial charge in [0.1, 0.15) is 12.1 Å². The fourth-order valence-corrected chi connectivity index (χ4v) is 2.10. The van der Waals surface area contributed by atoms with Crippen molar-refractivity contribution in [3.05, 3.63) is 48.4 Å². The van der Waals surface area contributed by atoms with Gasteiger partial charge in [0.15, 0.2) is 5.76 Å². The van der Waals surface area contributed by atoms with Crippen molar-refractivity contribution < 1.29 is 14.0 Å². The molecular formula is C15H15N5O3. The molecule has 3 aromatic rings. The third-order valence-electron chi connectivity index (χ3n) is 3.19. The quantitative estimate of drug-likeness (QED) is 0.648. The third kappa shape index (κ3) is 3.54. The van der Waals surface area contributed by atoms with Crippen LogP contribution in [0, 0.1) is 0 Å². The maximum atomic E-state index is 11.9. The molecule has 0 fully saturated rings. The molecule has 0 atom stereocenters. The van der Waals surface area contributed by atoms with Crippen LogP contribution in [-0.4, -0.2) is 39.9 Å². The molecule has 0 radical (unpaired) electrons. The summed E-state index contributed by atoms with van der Waals surface area (Å²) in [6.07, 6.45) is 1.43. The van der Waals surface area contributed by atoms with Gasteiger partial charge < -0.3 is 15.1 Å². The number of carbonyl (C=O) groups is 2. The second-order valence-corrected chi connectivity index (χ2v) is 4.82. The van der Waals surface area contributed by atoms with Crippen LogP contribution in [0.15, 0.2) is 47.1 Å². The lowest BCUT2D eigenvalue weighted by molar-refractivity contribution is -0.121. The molecule has 1 aromatic carbocycles. The molecule has 3 rings (SSSR count). The molecule has 0 aliphatic heterocycles. The van der Waals surface area contributed by atoms with Gasteiger partial charge in [0.2, 0.25) is 5.91 Å². The number of rotatable bonds is 6. The number of fused-ring (bicyclic) bond motifs is 1. The normalized spacial score (nSPS) is 10.6. The number of hydrogen-bond acceptors (Lipinski definition) is 5. The van der Waals surface area contributed by atoms with Crippen LogP contribution in [0.5, 0.6) is 0 Å². The Labute approximate surface area is 131 Å². The summed E-state index contributed by atoms with van der Waals surface area (Å²) in [4.78, 5) is 23.5. The first-order valence-electron chi connectivity index (χ1n) is 7.10. The maximum Gasteiger partial charge on any atom is 0.287 e. The number of aromatic nitrogens is 3. The van der Waals surface area contributed by atoms with Gasteiger partial charge in [0, 0.05) is 13.1 Å². The van der Waals surface area contributed by atoms with Gasteiger partial charge in [-0.15, -0.1) is 5.10 Å². The molecular weight excluding hydrogens is 298 g/mol. The van der Waals surface area contributed by atoms with E-state index >= 15 is 0 Å². The van der Waals surface area contributed by atoms with Crippen molar-refractivity contribution in [2.75, 3.05) is 13.1 Å². The Kier molecular flexibility index (Phi) is 4.32. The third-order valence-corrected chi connectivity index (χ3v) is 3.19. The molecule has 0 aliphatic rings. The summed E-state index contributed by atoms with van der Waals surface area (Å²) >= 11 is 0. The van der Waals surface area contributed by atoms with Gasteiger partial charge in [-0.25, -0.2) is 4.68 Å². The van der Waals surface area contributed by atoms with Crippen LogP contribution in [0.2, 0.25) is 0 Å². The Hall–Kier alpha value is -3.16. The van der Waals surface area contributed by atoms with E-state index in [0.717, 1.165) is 11.0 Å². The van der Waals surface area contributed by atoms with E-state index in [1.165, 1.54) is 10.9 Å². The summed E-state index contributed by atoms with van der Waals surface area (Å²) in [5, 5.41) is 13.3. The SMILES string of the molecule is O=C(Cn1nnc2ccccc21)NCCNC(=O)c1ccco1. The molecule has 0 aliphatic carbocycles. The predicted molar refractivity (Wildman–Crippen MR) is 81.6 cm³/mol. The zero-order chi connectivity index (χ0) is 16.1. The van der Waals surface area contributed by atoms with Crippen LogP contribution in [0.25, 0.3) is 11.0 Å². The number of hydrogen-bond donors (Lipinski definition) is 2. The molecule has 2 heterocycles. The van der Waals surface area contributed by atoms with E-state index in [2.05, 4.69) is 20.9 Å². The summed E-state index contributed by atoms with van der Waals surface area (Å²) in [5.74, 6) is -0.273. The van der Waals surface area contributed by atoms with Gasteiger partial charge >= 0.3 is 0 Å². The molecule has 0 saturated carbocycles. The fraction of sp³-hybridized carbons (Fsp3) is 0.200. The molecule has 0 unspecified atom stereocenters. The molecule has 0 spiro atoms. The highest BCUT2D eigenvalue weighted by molar-refractivity contribution is 5.91. The average Bonchev–Trinajstić information content (AvgIpc) is 3.22. The summed E-state index contributed by atoms with van der Waals surface area (Å²) in [5.41, 5.74) is 1.54. The summed E-state index contributed by atoms with van der Waals surface area (Å²) in [6.45, 7) is 0.702. The Morgan fingerprint density at radius 3 is 2.74 bits per heavy atom. The number of carbonyl (C=O) groups excluding carboxylic acids is 2. The first-order valence-corrected chi connectivity index (χ1v) is 7.10. The van der Waals surface area contributed by atoms with Crippen molar-refractivity contribution in [1.29, 1.82) is 0 Å². The summed E-state index contributed by atoms with van der Waals surface area (Å²) in [6, 6.07) is 10.6. The Morgan fingerprint density at radius 2 is 1.91 bits per heavy atom. The highest BCUT2D eigenvalue weighted by Crippen LogP contribution is 2.08. The van der Waals surface area contributed by atoms with E-state index in [9.17, 15) is 9.59 Å². The minimum Gasteiger partial charge on any atom is -0.459 e. The lowest BCUT2D eigenvalue weighted by atomic mass is 10.3. The number of nitrogens with zero attached hydrogens (tertiary/aromatic N) is 3.